The van der Waals surface area contributed by atoms with Crippen molar-refractivity contribution in [1.29, 1.82) is 0 Å². The maximum atomic E-state index is 4.57. The third kappa shape index (κ3) is 10.6. The molecule has 54 heavy (non-hydrogen) atoms. The van der Waals surface area contributed by atoms with E-state index >= 15 is 0 Å². The Morgan fingerprint density at radius 3 is 1.39 bits per heavy atom. The fourth-order valence-corrected chi connectivity index (χ4v) is 6.45. The van der Waals surface area contributed by atoms with Crippen LogP contribution in [0.4, 0.5) is 0 Å². The van der Waals surface area contributed by atoms with Crippen LogP contribution in [0.1, 0.15) is 33.4 Å². The molecule has 0 bridgehead atoms. The first-order valence-electron chi connectivity index (χ1n) is 18.1. The maximum Gasteiger partial charge on any atom is 3.00 e. The second-order valence-electron chi connectivity index (χ2n) is 12.9. The smallest absolute Gasteiger partial charge is 0.305 e. The zero-order chi connectivity index (χ0) is 35.9. The molecule has 0 atom stereocenters. The van der Waals surface area contributed by atoms with Crippen molar-refractivity contribution < 1.29 is 20.1 Å². The molecular weight excluding hydrogens is 835 g/mol. The minimum atomic E-state index is 0. The molecular formula is C50H40IrN3. The molecule has 0 fully saturated rings. The van der Waals surface area contributed by atoms with Crippen LogP contribution in [0.25, 0.3) is 33.8 Å². The summed E-state index contributed by atoms with van der Waals surface area (Å²) in [4.78, 5) is 13.3. The summed E-state index contributed by atoms with van der Waals surface area (Å²) in [6, 6.07) is 66.0. The zero-order valence-corrected chi connectivity index (χ0v) is 32.4. The minimum absolute atomic E-state index is 0. The van der Waals surface area contributed by atoms with Crippen molar-refractivity contribution in [1.82, 2.24) is 15.0 Å². The van der Waals surface area contributed by atoms with Crippen molar-refractivity contribution in [3.63, 3.8) is 0 Å². The van der Waals surface area contributed by atoms with Crippen molar-refractivity contribution >= 4 is 0 Å². The van der Waals surface area contributed by atoms with Gasteiger partial charge in [0.25, 0.3) is 0 Å². The summed E-state index contributed by atoms with van der Waals surface area (Å²) in [6.45, 7) is 0. The third-order valence-corrected chi connectivity index (χ3v) is 9.25. The predicted molar refractivity (Wildman–Crippen MR) is 216 cm³/mol. The standard InChI is InChI=1S/C39H32N2.C11H8N.Ir/c1-2-14-34(15-3-1)39-28-31(24-26-41-39)21-23-33-13-5-7-17-36(33)29-35-16-6-4-12-32(35)22-20-30-11-10-18-37(27-30)38-19-8-9-25-40-38;1-2-6-10(7-3-1)11-8-4-5-9-12-11;/h1-14,16-17,19,24-28H,20-23,29H2;1-6,8-9H;/q-2;-1;+3. The van der Waals surface area contributed by atoms with E-state index in [1.165, 1.54) is 33.4 Å². The second-order valence-corrected chi connectivity index (χ2v) is 12.9. The largest absolute Gasteiger partial charge is 3.00 e. The van der Waals surface area contributed by atoms with Crippen molar-refractivity contribution in [2.75, 3.05) is 0 Å². The molecule has 3 heterocycles. The van der Waals surface area contributed by atoms with Crippen LogP contribution in [0.3, 0.4) is 0 Å². The van der Waals surface area contributed by atoms with Gasteiger partial charge in [0, 0.05) is 18.6 Å². The Labute approximate surface area is 333 Å². The molecule has 4 heteroatoms. The first-order valence-corrected chi connectivity index (χ1v) is 18.1. The van der Waals surface area contributed by atoms with E-state index in [-0.39, 0.29) is 20.1 Å². The van der Waals surface area contributed by atoms with E-state index in [0.29, 0.717) is 0 Å². The van der Waals surface area contributed by atoms with Crippen LogP contribution in [0.5, 0.6) is 0 Å². The predicted octanol–water partition coefficient (Wildman–Crippen LogP) is 11.1. The van der Waals surface area contributed by atoms with Gasteiger partial charge < -0.3 is 15.0 Å². The molecule has 0 radical (unpaired) electrons. The van der Waals surface area contributed by atoms with E-state index in [2.05, 4.69) is 112 Å². The summed E-state index contributed by atoms with van der Waals surface area (Å²) in [7, 11) is 0. The van der Waals surface area contributed by atoms with E-state index in [1.54, 1.807) is 6.20 Å². The zero-order valence-electron chi connectivity index (χ0n) is 30.0. The molecule has 0 saturated heterocycles. The van der Waals surface area contributed by atoms with Gasteiger partial charge in [0.1, 0.15) is 0 Å². The number of benzene rings is 5. The number of nitrogens with zero attached hydrogens (tertiary/aromatic N) is 3. The molecule has 0 aliphatic rings. The molecule has 3 aromatic heterocycles. The number of pyridine rings is 3. The van der Waals surface area contributed by atoms with E-state index in [1.807, 2.05) is 97.3 Å². The molecule has 0 N–H and O–H groups in total. The molecule has 0 saturated carbocycles. The van der Waals surface area contributed by atoms with Gasteiger partial charge in [-0.3, -0.25) is 0 Å². The van der Waals surface area contributed by atoms with E-state index in [4.69, 9.17) is 0 Å². The van der Waals surface area contributed by atoms with E-state index < -0.39 is 0 Å². The monoisotopic (exact) mass is 875 g/mol. The normalized spacial score (nSPS) is 10.4. The second kappa shape index (κ2) is 19.9. The number of aromatic nitrogens is 3. The minimum Gasteiger partial charge on any atom is -0.305 e. The van der Waals surface area contributed by atoms with Gasteiger partial charge in [-0.25, -0.2) is 0 Å². The van der Waals surface area contributed by atoms with Gasteiger partial charge >= 0.3 is 20.1 Å². The summed E-state index contributed by atoms with van der Waals surface area (Å²) in [5.41, 5.74) is 14.3. The first-order chi connectivity index (χ1) is 26.3. The molecule has 0 aliphatic heterocycles. The number of hydrogen-bond acceptors (Lipinski definition) is 3. The van der Waals surface area contributed by atoms with Crippen molar-refractivity contribution in [2.45, 2.75) is 32.1 Å². The fourth-order valence-electron chi connectivity index (χ4n) is 6.45. The quantitative estimate of drug-likeness (QED) is 0.122. The van der Waals surface area contributed by atoms with Gasteiger partial charge in [-0.05, 0) is 89.6 Å². The molecule has 0 spiro atoms. The van der Waals surface area contributed by atoms with E-state index in [0.717, 1.165) is 65.9 Å². The number of rotatable bonds is 11. The number of hydrogen-bond donors (Lipinski definition) is 0. The average molecular weight is 875 g/mol. The Morgan fingerprint density at radius 2 is 0.833 bits per heavy atom. The Kier molecular flexibility index (Phi) is 14.0. The van der Waals surface area contributed by atoms with Gasteiger partial charge in [0.2, 0.25) is 0 Å². The third-order valence-electron chi connectivity index (χ3n) is 9.25. The Morgan fingerprint density at radius 1 is 0.352 bits per heavy atom. The SMILES string of the molecule is [Ir+3].[c-]1ccccc1-c1cc(CCc2ccccc2Cc2ccccc2CCc2cc[c-]c(-c3ccccn3)c2)ccn1.[c-]1ccccc1-c1ccccn1. The van der Waals surface area contributed by atoms with Crippen LogP contribution in [-0.4, -0.2) is 15.0 Å². The summed E-state index contributed by atoms with van der Waals surface area (Å²) in [6.07, 6.45) is 10.4. The van der Waals surface area contributed by atoms with Crippen LogP contribution in [0, 0.1) is 18.2 Å². The van der Waals surface area contributed by atoms with Crippen molar-refractivity contribution in [3.8, 4) is 33.8 Å². The van der Waals surface area contributed by atoms with Gasteiger partial charge in [-0.1, -0.05) is 84.4 Å². The van der Waals surface area contributed by atoms with Crippen molar-refractivity contribution in [3.05, 3.63) is 234 Å². The van der Waals surface area contributed by atoms with Crippen LogP contribution < -0.4 is 0 Å². The molecule has 8 aromatic rings. The summed E-state index contributed by atoms with van der Waals surface area (Å²) >= 11 is 0. The topological polar surface area (TPSA) is 38.7 Å². The van der Waals surface area contributed by atoms with Gasteiger partial charge in [0.15, 0.2) is 0 Å². The average Bonchev–Trinajstić information content (AvgIpc) is 3.25. The first kappa shape index (κ1) is 37.9. The van der Waals surface area contributed by atoms with Gasteiger partial charge in [0.05, 0.1) is 0 Å². The summed E-state index contributed by atoms with van der Waals surface area (Å²) < 4.78 is 0. The Hall–Kier alpha value is -5.80. The summed E-state index contributed by atoms with van der Waals surface area (Å²) in [5, 5.41) is 0. The maximum absolute atomic E-state index is 4.57. The Balaban J connectivity index is 0.000000324. The molecule has 5 aromatic carbocycles. The summed E-state index contributed by atoms with van der Waals surface area (Å²) in [5.74, 6) is 0. The molecule has 0 unspecified atom stereocenters. The van der Waals surface area contributed by atoms with Crippen LogP contribution in [-0.2, 0) is 52.2 Å². The molecule has 0 amide bonds. The fraction of sp³-hybridized carbons (Fsp3) is 0.100. The molecule has 264 valence electrons. The molecule has 3 nitrogen and oxygen atoms in total. The van der Waals surface area contributed by atoms with Crippen LogP contribution in [0.2, 0.25) is 0 Å². The number of aryl methyl sites for hydroxylation is 4. The molecule has 0 aliphatic carbocycles. The van der Waals surface area contributed by atoms with Gasteiger partial charge in [-0.15, -0.1) is 107 Å². The van der Waals surface area contributed by atoms with Crippen molar-refractivity contribution in [2.24, 2.45) is 0 Å². The van der Waals surface area contributed by atoms with Crippen LogP contribution >= 0.6 is 0 Å². The molecule has 8 rings (SSSR count). The van der Waals surface area contributed by atoms with E-state index in [9.17, 15) is 0 Å². The Bertz CT molecular complexity index is 2150. The van der Waals surface area contributed by atoms with Crippen LogP contribution in [0.15, 0.2) is 182 Å². The van der Waals surface area contributed by atoms with Gasteiger partial charge in [-0.2, -0.15) is 0 Å².